The number of hydrogen-bond donors (Lipinski definition) is 2. The van der Waals surface area contributed by atoms with Crippen LogP contribution in [0, 0.1) is 5.82 Å². The molecule has 7 nitrogen and oxygen atoms in total. The molecule has 230 valence electrons. The van der Waals surface area contributed by atoms with Gasteiger partial charge in [-0.25, -0.2) is 4.39 Å². The van der Waals surface area contributed by atoms with E-state index in [9.17, 15) is 28.2 Å². The number of ether oxygens (including phenoxy) is 4. The molecule has 11 heteroatoms. The van der Waals surface area contributed by atoms with Crippen molar-refractivity contribution in [2.45, 2.75) is 63.0 Å². The van der Waals surface area contributed by atoms with E-state index < -0.39 is 35.4 Å². The van der Waals surface area contributed by atoms with Crippen molar-refractivity contribution in [1.82, 2.24) is 0 Å². The van der Waals surface area contributed by atoms with Crippen molar-refractivity contribution in [2.75, 3.05) is 20.3 Å². The summed E-state index contributed by atoms with van der Waals surface area (Å²) in [6.45, 7) is 2.93. The van der Waals surface area contributed by atoms with Gasteiger partial charge in [-0.2, -0.15) is 13.2 Å². The van der Waals surface area contributed by atoms with Gasteiger partial charge in [0.25, 0.3) is 0 Å². The van der Waals surface area contributed by atoms with Gasteiger partial charge < -0.3 is 29.2 Å². The second-order valence-corrected chi connectivity index (χ2v) is 11.3. The lowest BCUT2D eigenvalue weighted by Crippen LogP contribution is -2.40. The fourth-order valence-corrected chi connectivity index (χ4v) is 5.46. The SMILES string of the molecule is COC(=O)C[C@@H]1COc2cc(O[C@@H]3CCc4c(-c5ccc(OC[C@@H](O)C(C)(C)O)cc5)c(C(F)(F)F)cc(F)c43)ccc21. The molecule has 3 aromatic carbocycles. The number of benzene rings is 3. The van der Waals surface area contributed by atoms with Crippen LogP contribution in [-0.4, -0.2) is 48.2 Å². The maximum absolute atomic E-state index is 15.4. The summed E-state index contributed by atoms with van der Waals surface area (Å²) in [5, 5.41) is 19.9. The van der Waals surface area contributed by atoms with E-state index in [2.05, 4.69) is 0 Å². The van der Waals surface area contributed by atoms with Crippen LogP contribution < -0.4 is 14.2 Å². The summed E-state index contributed by atoms with van der Waals surface area (Å²) < 4.78 is 80.0. The third-order valence-electron chi connectivity index (χ3n) is 7.86. The Labute approximate surface area is 246 Å². The Balaban J connectivity index is 1.42. The van der Waals surface area contributed by atoms with Gasteiger partial charge in [0.15, 0.2) is 0 Å². The number of halogens is 4. The summed E-state index contributed by atoms with van der Waals surface area (Å²) in [6, 6.07) is 11.4. The van der Waals surface area contributed by atoms with Crippen molar-refractivity contribution in [3.05, 3.63) is 76.6 Å². The van der Waals surface area contributed by atoms with Crippen LogP contribution in [0.3, 0.4) is 0 Å². The van der Waals surface area contributed by atoms with E-state index in [1.165, 1.54) is 45.2 Å². The molecule has 3 atom stereocenters. The lowest BCUT2D eigenvalue weighted by Gasteiger charge is -2.24. The molecule has 0 aromatic heterocycles. The van der Waals surface area contributed by atoms with Gasteiger partial charge in [0.1, 0.15) is 41.9 Å². The van der Waals surface area contributed by atoms with Crippen molar-refractivity contribution in [3.8, 4) is 28.4 Å². The predicted molar refractivity (Wildman–Crippen MR) is 148 cm³/mol. The summed E-state index contributed by atoms with van der Waals surface area (Å²) in [5.74, 6) is -0.354. The van der Waals surface area contributed by atoms with E-state index in [-0.39, 0.29) is 65.8 Å². The Hall–Kier alpha value is -3.83. The number of carbonyl (C=O) groups is 1. The van der Waals surface area contributed by atoms with Crippen molar-refractivity contribution in [2.24, 2.45) is 0 Å². The predicted octanol–water partition coefficient (Wildman–Crippen LogP) is 6.13. The summed E-state index contributed by atoms with van der Waals surface area (Å²) in [5.41, 5.74) is -1.27. The number of aliphatic hydroxyl groups excluding tert-OH is 1. The van der Waals surface area contributed by atoms with Crippen LogP contribution >= 0.6 is 0 Å². The van der Waals surface area contributed by atoms with Crippen LogP contribution in [-0.2, 0) is 22.1 Å². The van der Waals surface area contributed by atoms with Crippen molar-refractivity contribution in [1.29, 1.82) is 0 Å². The monoisotopic (exact) mass is 604 g/mol. The van der Waals surface area contributed by atoms with E-state index in [1.54, 1.807) is 18.2 Å². The molecule has 2 aliphatic rings. The average Bonchev–Trinajstić information content (AvgIpc) is 3.55. The van der Waals surface area contributed by atoms with E-state index >= 15 is 4.39 Å². The molecule has 0 saturated heterocycles. The number of methoxy groups -OCH3 is 1. The molecule has 3 aromatic rings. The van der Waals surface area contributed by atoms with E-state index in [0.29, 0.717) is 24.2 Å². The first kappa shape index (κ1) is 30.6. The number of fused-ring (bicyclic) bond motifs is 2. The first-order valence-electron chi connectivity index (χ1n) is 13.8. The van der Waals surface area contributed by atoms with Crippen molar-refractivity contribution in [3.63, 3.8) is 0 Å². The third-order valence-corrected chi connectivity index (χ3v) is 7.86. The highest BCUT2D eigenvalue weighted by atomic mass is 19.4. The van der Waals surface area contributed by atoms with Gasteiger partial charge in [-0.3, -0.25) is 4.79 Å². The molecule has 1 aliphatic heterocycles. The van der Waals surface area contributed by atoms with Crippen molar-refractivity contribution < 1.29 is 51.5 Å². The standard InChI is InChI=1S/C32H32F4O7/c1-31(2,39)27(37)16-41-19-6-4-17(5-7-19)29-22-10-11-25(30(22)24(33)14-23(29)32(34,35)36)43-20-8-9-21-18(12-28(38)40-3)15-42-26(21)13-20/h4-9,13-14,18,25,27,37,39H,10-12,15-16H2,1-3H3/t18-,25-,27-/m1/s1. The highest BCUT2D eigenvalue weighted by molar-refractivity contribution is 5.75. The number of hydrogen-bond acceptors (Lipinski definition) is 7. The zero-order valence-electron chi connectivity index (χ0n) is 23.8. The Morgan fingerprint density at radius 1 is 1.09 bits per heavy atom. The summed E-state index contributed by atoms with van der Waals surface area (Å²) in [6.07, 6.45) is -6.24. The molecular formula is C32H32F4O7. The molecule has 2 N–H and O–H groups in total. The maximum atomic E-state index is 15.4. The average molecular weight is 605 g/mol. The number of rotatable bonds is 9. The Kier molecular flexibility index (Phi) is 8.32. The van der Waals surface area contributed by atoms with Gasteiger partial charge in [0.05, 0.1) is 31.3 Å². The van der Waals surface area contributed by atoms with Gasteiger partial charge >= 0.3 is 12.1 Å². The minimum atomic E-state index is -4.81. The normalized spacial score (nSPS) is 18.4. The van der Waals surface area contributed by atoms with Crippen LogP contribution in [0.4, 0.5) is 17.6 Å². The molecule has 43 heavy (non-hydrogen) atoms. The van der Waals surface area contributed by atoms with Gasteiger partial charge in [0.2, 0.25) is 0 Å². The van der Waals surface area contributed by atoms with E-state index in [1.807, 2.05) is 0 Å². The maximum Gasteiger partial charge on any atom is 0.417 e. The largest absolute Gasteiger partial charge is 0.492 e. The zero-order chi connectivity index (χ0) is 31.1. The molecule has 1 aliphatic carbocycles. The second kappa shape index (κ2) is 11.7. The molecule has 0 radical (unpaired) electrons. The van der Waals surface area contributed by atoms with Gasteiger partial charge in [-0.05, 0) is 67.6 Å². The third kappa shape index (κ3) is 6.42. The van der Waals surface area contributed by atoms with E-state index in [0.717, 1.165) is 5.56 Å². The highest BCUT2D eigenvalue weighted by Gasteiger charge is 2.40. The van der Waals surface area contributed by atoms with E-state index in [4.69, 9.17) is 18.9 Å². The molecular weight excluding hydrogens is 572 g/mol. The first-order chi connectivity index (χ1) is 20.3. The minimum absolute atomic E-state index is 0.0709. The summed E-state index contributed by atoms with van der Waals surface area (Å²) in [7, 11) is 1.31. The molecule has 0 bridgehead atoms. The topological polar surface area (TPSA) is 94.5 Å². The fourth-order valence-electron chi connectivity index (χ4n) is 5.46. The number of alkyl halides is 3. The van der Waals surface area contributed by atoms with Gasteiger partial charge in [-0.1, -0.05) is 18.2 Å². The lowest BCUT2D eigenvalue weighted by molar-refractivity contribution is -0.141. The van der Waals surface area contributed by atoms with Gasteiger partial charge in [0, 0.05) is 23.1 Å². The smallest absolute Gasteiger partial charge is 0.417 e. The first-order valence-corrected chi connectivity index (χ1v) is 13.8. The summed E-state index contributed by atoms with van der Waals surface area (Å²) >= 11 is 0. The van der Waals surface area contributed by atoms with Crippen LogP contribution in [0.1, 0.15) is 61.0 Å². The van der Waals surface area contributed by atoms with Crippen LogP contribution in [0.25, 0.3) is 11.1 Å². The highest BCUT2D eigenvalue weighted by Crippen LogP contribution is 2.48. The molecule has 0 amide bonds. The Morgan fingerprint density at radius 2 is 1.79 bits per heavy atom. The molecule has 5 rings (SSSR count). The zero-order valence-corrected chi connectivity index (χ0v) is 23.8. The van der Waals surface area contributed by atoms with Crippen LogP contribution in [0.2, 0.25) is 0 Å². The second-order valence-electron chi connectivity index (χ2n) is 11.3. The number of carbonyl (C=O) groups excluding carboxylic acids is 1. The molecule has 0 fully saturated rings. The molecule has 0 unspecified atom stereocenters. The Bertz CT molecular complexity index is 1500. The fraction of sp³-hybridized carbons (Fsp3) is 0.406. The van der Waals surface area contributed by atoms with Crippen molar-refractivity contribution >= 4 is 5.97 Å². The quantitative estimate of drug-likeness (QED) is 0.224. The number of aliphatic hydroxyl groups is 2. The minimum Gasteiger partial charge on any atom is -0.492 e. The molecule has 0 spiro atoms. The van der Waals surface area contributed by atoms with Gasteiger partial charge in [-0.15, -0.1) is 0 Å². The number of esters is 1. The molecule has 1 heterocycles. The lowest BCUT2D eigenvalue weighted by atomic mass is 9.91. The molecule has 0 saturated carbocycles. The summed E-state index contributed by atoms with van der Waals surface area (Å²) in [4.78, 5) is 11.7. The van der Waals surface area contributed by atoms with Crippen LogP contribution in [0.5, 0.6) is 17.2 Å². The van der Waals surface area contributed by atoms with Crippen LogP contribution in [0.15, 0.2) is 48.5 Å². The Morgan fingerprint density at radius 3 is 2.44 bits per heavy atom.